The molecule has 24 heavy (non-hydrogen) atoms. The van der Waals surface area contributed by atoms with Gasteiger partial charge in [-0.3, -0.25) is 14.4 Å². The lowest BCUT2D eigenvalue weighted by atomic mass is 10.1. The van der Waals surface area contributed by atoms with Gasteiger partial charge in [0, 0.05) is 12.0 Å². The molecule has 128 valence electrons. The average Bonchev–Trinajstić information content (AvgIpc) is 2.54. The molecule has 0 aliphatic carbocycles. The van der Waals surface area contributed by atoms with E-state index in [0.717, 1.165) is 9.87 Å². The van der Waals surface area contributed by atoms with Gasteiger partial charge in [-0.2, -0.15) is 0 Å². The first-order valence-electron chi connectivity index (χ1n) is 7.10. The number of ether oxygens (including phenoxy) is 1. The molecule has 0 N–H and O–H groups in total. The molecule has 0 aliphatic heterocycles. The van der Waals surface area contributed by atoms with Crippen molar-refractivity contribution >= 4 is 15.7 Å². The standard InChI is InChI=1S/C16H18N2O5S/c1-12-4-7-15(8-5-12)24(21,22)17(2)16-9-6-14(23-3)10-13(16)11-18(19)20/h4-10H,11H2,1-3H3. The minimum Gasteiger partial charge on any atom is -0.497 e. The zero-order valence-electron chi connectivity index (χ0n) is 13.6. The van der Waals surface area contributed by atoms with Crippen LogP contribution in [-0.4, -0.2) is 27.5 Å². The van der Waals surface area contributed by atoms with Crippen molar-refractivity contribution in [2.24, 2.45) is 0 Å². The molecule has 0 amide bonds. The van der Waals surface area contributed by atoms with Crippen LogP contribution >= 0.6 is 0 Å². The molecule has 2 aromatic carbocycles. The van der Waals surface area contributed by atoms with E-state index in [1.54, 1.807) is 18.2 Å². The van der Waals surface area contributed by atoms with Crippen LogP contribution in [0.15, 0.2) is 47.4 Å². The summed E-state index contributed by atoms with van der Waals surface area (Å²) in [5.41, 5.74) is 1.45. The van der Waals surface area contributed by atoms with Crippen LogP contribution in [0.3, 0.4) is 0 Å². The summed E-state index contributed by atoms with van der Waals surface area (Å²) >= 11 is 0. The SMILES string of the molecule is COc1ccc(N(C)S(=O)(=O)c2ccc(C)cc2)c(C[N+](=O)[O-])c1. The summed E-state index contributed by atoms with van der Waals surface area (Å²) in [6, 6.07) is 11.0. The Morgan fingerprint density at radius 2 is 1.79 bits per heavy atom. The van der Waals surface area contributed by atoms with E-state index in [-0.39, 0.29) is 16.1 Å². The molecule has 0 unspecified atom stereocenters. The van der Waals surface area contributed by atoms with Gasteiger partial charge < -0.3 is 4.74 Å². The van der Waals surface area contributed by atoms with Crippen molar-refractivity contribution in [3.8, 4) is 5.75 Å². The van der Waals surface area contributed by atoms with Gasteiger partial charge in [0.1, 0.15) is 5.75 Å². The largest absolute Gasteiger partial charge is 0.497 e. The fourth-order valence-electron chi connectivity index (χ4n) is 2.26. The van der Waals surface area contributed by atoms with Gasteiger partial charge in [-0.25, -0.2) is 8.42 Å². The molecular formula is C16H18N2O5S. The smallest absolute Gasteiger partial charge is 0.264 e. The van der Waals surface area contributed by atoms with E-state index < -0.39 is 21.5 Å². The van der Waals surface area contributed by atoms with Crippen molar-refractivity contribution < 1.29 is 18.1 Å². The van der Waals surface area contributed by atoms with Gasteiger partial charge in [0.15, 0.2) is 0 Å². The minimum absolute atomic E-state index is 0.124. The maximum absolute atomic E-state index is 12.8. The highest BCUT2D eigenvalue weighted by molar-refractivity contribution is 7.92. The second kappa shape index (κ2) is 6.88. The first-order valence-corrected chi connectivity index (χ1v) is 8.54. The maximum Gasteiger partial charge on any atom is 0.264 e. The van der Waals surface area contributed by atoms with Crippen LogP contribution in [0.1, 0.15) is 11.1 Å². The Balaban J connectivity index is 2.49. The lowest BCUT2D eigenvalue weighted by molar-refractivity contribution is -0.496. The molecule has 0 aromatic heterocycles. The summed E-state index contributed by atoms with van der Waals surface area (Å²) in [5, 5.41) is 10.9. The molecule has 0 aliphatic rings. The molecule has 0 heterocycles. The fourth-order valence-corrected chi connectivity index (χ4v) is 3.49. The number of sulfonamides is 1. The summed E-state index contributed by atoms with van der Waals surface area (Å²) in [6.45, 7) is 1.36. The number of hydrogen-bond donors (Lipinski definition) is 0. The Kier molecular flexibility index (Phi) is 5.08. The number of benzene rings is 2. The van der Waals surface area contributed by atoms with Crippen molar-refractivity contribution in [2.45, 2.75) is 18.4 Å². The van der Waals surface area contributed by atoms with Crippen LogP contribution in [0.5, 0.6) is 5.75 Å². The Hall–Kier alpha value is -2.61. The Bertz CT molecular complexity index is 847. The van der Waals surface area contributed by atoms with Crippen molar-refractivity contribution in [1.82, 2.24) is 0 Å². The highest BCUT2D eigenvalue weighted by atomic mass is 32.2. The second-order valence-electron chi connectivity index (χ2n) is 5.27. The molecule has 0 bridgehead atoms. The van der Waals surface area contributed by atoms with Crippen LogP contribution in [0.4, 0.5) is 5.69 Å². The van der Waals surface area contributed by atoms with E-state index in [9.17, 15) is 18.5 Å². The first-order chi connectivity index (χ1) is 11.3. The molecule has 0 spiro atoms. The predicted octanol–water partition coefficient (Wildman–Crippen LogP) is 2.61. The minimum atomic E-state index is -3.82. The van der Waals surface area contributed by atoms with Crippen molar-refractivity contribution in [1.29, 1.82) is 0 Å². The van der Waals surface area contributed by atoms with E-state index in [4.69, 9.17) is 4.74 Å². The summed E-state index contributed by atoms with van der Waals surface area (Å²) < 4.78 is 31.6. The Morgan fingerprint density at radius 3 is 2.33 bits per heavy atom. The van der Waals surface area contributed by atoms with Crippen molar-refractivity contribution in [3.05, 3.63) is 63.7 Å². The zero-order valence-corrected chi connectivity index (χ0v) is 14.4. The molecule has 2 rings (SSSR count). The van der Waals surface area contributed by atoms with Gasteiger partial charge >= 0.3 is 0 Å². The molecule has 0 saturated heterocycles. The van der Waals surface area contributed by atoms with Crippen LogP contribution in [0.25, 0.3) is 0 Å². The third-order valence-electron chi connectivity index (χ3n) is 3.60. The van der Waals surface area contributed by atoms with Gasteiger partial charge in [-0.05, 0) is 37.3 Å². The Labute approximate surface area is 140 Å². The summed E-state index contributed by atoms with van der Waals surface area (Å²) in [7, 11) is -0.999. The maximum atomic E-state index is 12.8. The topological polar surface area (TPSA) is 89.8 Å². The van der Waals surface area contributed by atoms with Gasteiger partial charge in [-0.1, -0.05) is 17.7 Å². The number of nitro groups is 1. The van der Waals surface area contributed by atoms with Crippen LogP contribution < -0.4 is 9.04 Å². The number of nitrogens with zero attached hydrogens (tertiary/aromatic N) is 2. The predicted molar refractivity (Wildman–Crippen MR) is 90.5 cm³/mol. The average molecular weight is 350 g/mol. The molecule has 2 aromatic rings. The van der Waals surface area contributed by atoms with Crippen LogP contribution in [0, 0.1) is 17.0 Å². The van der Waals surface area contributed by atoms with E-state index in [0.29, 0.717) is 5.75 Å². The highest BCUT2D eigenvalue weighted by Crippen LogP contribution is 2.29. The third-order valence-corrected chi connectivity index (χ3v) is 5.39. The second-order valence-corrected chi connectivity index (χ2v) is 7.24. The monoisotopic (exact) mass is 350 g/mol. The van der Waals surface area contributed by atoms with Crippen molar-refractivity contribution in [2.75, 3.05) is 18.5 Å². The lowest BCUT2D eigenvalue weighted by Gasteiger charge is -2.22. The Morgan fingerprint density at radius 1 is 1.17 bits per heavy atom. The van der Waals surface area contributed by atoms with Gasteiger partial charge in [-0.15, -0.1) is 0 Å². The quantitative estimate of drug-likeness (QED) is 0.590. The van der Waals surface area contributed by atoms with Crippen LogP contribution in [-0.2, 0) is 16.6 Å². The van der Waals surface area contributed by atoms with E-state index >= 15 is 0 Å². The number of hydrogen-bond acceptors (Lipinski definition) is 5. The summed E-state index contributed by atoms with van der Waals surface area (Å²) in [4.78, 5) is 10.5. The fraction of sp³-hybridized carbons (Fsp3) is 0.250. The third kappa shape index (κ3) is 3.65. The molecular weight excluding hydrogens is 332 g/mol. The molecule has 0 atom stereocenters. The molecule has 0 radical (unpaired) electrons. The summed E-state index contributed by atoms with van der Waals surface area (Å²) in [6.07, 6.45) is 0. The lowest BCUT2D eigenvalue weighted by Crippen LogP contribution is -2.27. The number of aryl methyl sites for hydroxylation is 1. The number of methoxy groups -OCH3 is 1. The van der Waals surface area contributed by atoms with E-state index in [1.165, 1.54) is 38.4 Å². The number of rotatable bonds is 6. The van der Waals surface area contributed by atoms with E-state index in [2.05, 4.69) is 0 Å². The normalized spacial score (nSPS) is 11.1. The number of anilines is 1. The summed E-state index contributed by atoms with van der Waals surface area (Å²) in [5.74, 6) is 0.428. The molecule has 7 nitrogen and oxygen atoms in total. The molecule has 0 fully saturated rings. The van der Waals surface area contributed by atoms with Crippen LogP contribution in [0.2, 0.25) is 0 Å². The highest BCUT2D eigenvalue weighted by Gasteiger charge is 2.24. The molecule has 8 heteroatoms. The van der Waals surface area contributed by atoms with E-state index in [1.807, 2.05) is 6.92 Å². The van der Waals surface area contributed by atoms with Crippen molar-refractivity contribution in [3.63, 3.8) is 0 Å². The van der Waals surface area contributed by atoms with Gasteiger partial charge in [0.05, 0.1) is 23.3 Å². The van der Waals surface area contributed by atoms with Gasteiger partial charge in [0.2, 0.25) is 6.54 Å². The molecule has 0 saturated carbocycles. The first kappa shape index (κ1) is 17.7. The van der Waals surface area contributed by atoms with Gasteiger partial charge in [0.25, 0.3) is 10.0 Å². The zero-order chi connectivity index (χ0) is 17.9.